The monoisotopic (exact) mass is 452 g/mol. The molecule has 9 nitrogen and oxygen atoms in total. The summed E-state index contributed by atoms with van der Waals surface area (Å²) in [6.07, 6.45) is 2.62. The minimum atomic E-state index is -0.428. The van der Waals surface area contributed by atoms with Crippen molar-refractivity contribution in [2.45, 2.75) is 45.2 Å². The van der Waals surface area contributed by atoms with E-state index in [1.807, 2.05) is 6.92 Å². The Morgan fingerprint density at radius 2 is 2.12 bits per heavy atom. The lowest BCUT2D eigenvalue weighted by atomic mass is 10.1. The van der Waals surface area contributed by atoms with Gasteiger partial charge in [0.1, 0.15) is 23.3 Å². The Kier molecular flexibility index (Phi) is 6.26. The Morgan fingerprint density at radius 3 is 2.91 bits per heavy atom. The fourth-order valence-electron chi connectivity index (χ4n) is 4.24. The number of fused-ring (bicyclic) bond motifs is 1. The molecule has 1 fully saturated rings. The first-order valence-electron chi connectivity index (χ1n) is 10.6. The summed E-state index contributed by atoms with van der Waals surface area (Å²) in [6.45, 7) is 5.33. The molecule has 0 aliphatic carbocycles. The van der Waals surface area contributed by atoms with Crippen LogP contribution in [0.25, 0.3) is 10.9 Å². The largest absolute Gasteiger partial charge is 0.368 e. The molecule has 32 heavy (non-hydrogen) atoms. The molecular weight excluding hydrogens is 428 g/mol. The molecule has 1 aliphatic heterocycles. The predicted octanol–water partition coefficient (Wildman–Crippen LogP) is 3.09. The van der Waals surface area contributed by atoms with Gasteiger partial charge in [0.25, 0.3) is 5.56 Å². The molecule has 0 radical (unpaired) electrons. The van der Waals surface area contributed by atoms with Crippen LogP contribution in [0.2, 0.25) is 5.02 Å². The minimum absolute atomic E-state index is 0.0161. The second-order valence-electron chi connectivity index (χ2n) is 7.98. The molecule has 2 aromatic heterocycles. The molecule has 2 atom stereocenters. The van der Waals surface area contributed by atoms with E-state index in [1.165, 1.54) is 0 Å². The first-order valence-corrected chi connectivity index (χ1v) is 11.0. The van der Waals surface area contributed by atoms with E-state index in [2.05, 4.69) is 26.7 Å². The van der Waals surface area contributed by atoms with Crippen molar-refractivity contribution in [3.8, 4) is 6.07 Å². The van der Waals surface area contributed by atoms with Crippen molar-refractivity contribution >= 4 is 34.3 Å². The quantitative estimate of drug-likeness (QED) is 0.549. The molecule has 166 valence electrons. The van der Waals surface area contributed by atoms with Crippen LogP contribution in [0.1, 0.15) is 55.4 Å². The normalized spacial score (nSPS) is 17.5. The van der Waals surface area contributed by atoms with Crippen molar-refractivity contribution in [1.82, 2.24) is 24.8 Å². The van der Waals surface area contributed by atoms with Gasteiger partial charge in [-0.05, 0) is 58.3 Å². The van der Waals surface area contributed by atoms with Crippen LogP contribution in [0.3, 0.4) is 0 Å². The third kappa shape index (κ3) is 4.11. The number of benzene rings is 1. The third-order valence-electron chi connectivity index (χ3n) is 5.78. The molecule has 4 rings (SSSR count). The van der Waals surface area contributed by atoms with Crippen molar-refractivity contribution in [2.75, 3.05) is 24.1 Å². The minimum Gasteiger partial charge on any atom is -0.368 e. The SMILES string of the molecule is Cc1nc(N)nc(N[C@@H](C)c2nc3cccc(Cl)c3c(=O)n2C2CCCNCC2)c1C#N. The van der Waals surface area contributed by atoms with Gasteiger partial charge in [0.2, 0.25) is 5.95 Å². The number of aromatic nitrogens is 4. The first-order chi connectivity index (χ1) is 15.4. The average Bonchev–Trinajstić information content (AvgIpc) is 3.02. The molecule has 1 aromatic carbocycles. The number of aryl methyl sites for hydroxylation is 1. The van der Waals surface area contributed by atoms with Crippen LogP contribution in [0.4, 0.5) is 11.8 Å². The van der Waals surface area contributed by atoms with E-state index in [0.29, 0.717) is 38.8 Å². The maximum absolute atomic E-state index is 13.7. The lowest BCUT2D eigenvalue weighted by Crippen LogP contribution is -2.32. The second-order valence-corrected chi connectivity index (χ2v) is 8.39. The Labute approximate surface area is 190 Å². The van der Waals surface area contributed by atoms with E-state index in [4.69, 9.17) is 22.3 Å². The first kappa shape index (κ1) is 22.0. The fraction of sp³-hybridized carbons (Fsp3) is 0.409. The molecule has 0 bridgehead atoms. The number of nitrogens with two attached hydrogens (primary N) is 1. The van der Waals surface area contributed by atoms with Crippen LogP contribution in [-0.2, 0) is 0 Å². The highest BCUT2D eigenvalue weighted by Gasteiger charge is 2.25. The van der Waals surface area contributed by atoms with E-state index in [0.717, 1.165) is 32.4 Å². The van der Waals surface area contributed by atoms with Gasteiger partial charge in [0.15, 0.2) is 0 Å². The molecule has 1 aliphatic rings. The average molecular weight is 453 g/mol. The summed E-state index contributed by atoms with van der Waals surface area (Å²) in [4.78, 5) is 26.8. The molecule has 0 saturated carbocycles. The lowest BCUT2D eigenvalue weighted by Gasteiger charge is -2.26. The number of anilines is 2. The third-order valence-corrected chi connectivity index (χ3v) is 6.09. The van der Waals surface area contributed by atoms with Gasteiger partial charge >= 0.3 is 0 Å². The van der Waals surface area contributed by atoms with Gasteiger partial charge in [0, 0.05) is 6.04 Å². The number of nitriles is 1. The zero-order valence-corrected chi connectivity index (χ0v) is 18.8. The van der Waals surface area contributed by atoms with Crippen LogP contribution >= 0.6 is 11.6 Å². The van der Waals surface area contributed by atoms with Gasteiger partial charge in [-0.15, -0.1) is 0 Å². The summed E-state index contributed by atoms with van der Waals surface area (Å²) in [7, 11) is 0. The molecule has 10 heteroatoms. The van der Waals surface area contributed by atoms with Gasteiger partial charge in [-0.3, -0.25) is 9.36 Å². The van der Waals surface area contributed by atoms with Crippen LogP contribution in [0.15, 0.2) is 23.0 Å². The topological polar surface area (TPSA) is 135 Å². The number of hydrogen-bond donors (Lipinski definition) is 3. The molecule has 3 heterocycles. The predicted molar refractivity (Wildman–Crippen MR) is 125 cm³/mol. The zero-order valence-electron chi connectivity index (χ0n) is 18.0. The Bertz CT molecular complexity index is 1260. The maximum atomic E-state index is 13.7. The van der Waals surface area contributed by atoms with Gasteiger partial charge in [-0.25, -0.2) is 9.97 Å². The summed E-state index contributed by atoms with van der Waals surface area (Å²) in [5, 5.41) is 17.0. The van der Waals surface area contributed by atoms with E-state index < -0.39 is 6.04 Å². The molecule has 3 aromatic rings. The van der Waals surface area contributed by atoms with E-state index in [1.54, 1.807) is 29.7 Å². The summed E-state index contributed by atoms with van der Waals surface area (Å²) in [6, 6.07) is 6.95. The van der Waals surface area contributed by atoms with Crippen molar-refractivity contribution in [3.63, 3.8) is 0 Å². The molecule has 1 unspecified atom stereocenters. The summed E-state index contributed by atoms with van der Waals surface area (Å²) in [5.74, 6) is 0.955. The highest BCUT2D eigenvalue weighted by molar-refractivity contribution is 6.35. The van der Waals surface area contributed by atoms with Crippen molar-refractivity contribution in [2.24, 2.45) is 0 Å². The standard InChI is InChI=1S/C22H25ClN8O/c1-12-15(11-24)19(30-22(25)28-12)27-13(2)20-29-17-7-3-6-16(23)18(17)21(32)31(20)14-5-4-9-26-10-8-14/h3,6-7,13-14,26H,4-5,8-10H2,1-2H3,(H3,25,27,28,30)/t13-,14?/m0/s1. The Hall–Kier alpha value is -3.22. The van der Waals surface area contributed by atoms with Crippen LogP contribution in [0, 0.1) is 18.3 Å². The van der Waals surface area contributed by atoms with Crippen LogP contribution < -0.4 is 21.9 Å². The number of nitrogens with zero attached hydrogens (tertiary/aromatic N) is 5. The van der Waals surface area contributed by atoms with E-state index >= 15 is 0 Å². The molecule has 0 spiro atoms. The summed E-state index contributed by atoms with van der Waals surface area (Å²) < 4.78 is 1.77. The van der Waals surface area contributed by atoms with Gasteiger partial charge < -0.3 is 16.4 Å². The van der Waals surface area contributed by atoms with E-state index in [-0.39, 0.29) is 17.5 Å². The smallest absolute Gasteiger partial charge is 0.263 e. The van der Waals surface area contributed by atoms with Gasteiger partial charge in [-0.2, -0.15) is 10.2 Å². The van der Waals surface area contributed by atoms with Crippen molar-refractivity contribution < 1.29 is 0 Å². The molecule has 0 amide bonds. The fourth-order valence-corrected chi connectivity index (χ4v) is 4.49. The van der Waals surface area contributed by atoms with Gasteiger partial charge in [0.05, 0.1) is 27.7 Å². The van der Waals surface area contributed by atoms with Crippen LogP contribution in [-0.4, -0.2) is 32.6 Å². The highest BCUT2D eigenvalue weighted by atomic mass is 35.5. The molecular formula is C22H25ClN8O. The van der Waals surface area contributed by atoms with Gasteiger partial charge in [-0.1, -0.05) is 17.7 Å². The Morgan fingerprint density at radius 1 is 1.31 bits per heavy atom. The summed E-state index contributed by atoms with van der Waals surface area (Å²) >= 11 is 6.39. The number of rotatable bonds is 4. The molecule has 4 N–H and O–H groups in total. The van der Waals surface area contributed by atoms with E-state index in [9.17, 15) is 10.1 Å². The van der Waals surface area contributed by atoms with Crippen LogP contribution in [0.5, 0.6) is 0 Å². The number of hydrogen-bond acceptors (Lipinski definition) is 8. The van der Waals surface area contributed by atoms with Crippen molar-refractivity contribution in [3.05, 3.63) is 50.7 Å². The number of nitrogen functional groups attached to an aromatic ring is 1. The maximum Gasteiger partial charge on any atom is 0.263 e. The lowest BCUT2D eigenvalue weighted by molar-refractivity contribution is 0.417. The molecule has 1 saturated heterocycles. The zero-order chi connectivity index (χ0) is 22.8. The highest BCUT2D eigenvalue weighted by Crippen LogP contribution is 2.28. The number of nitrogens with one attached hydrogen (secondary N) is 2. The number of halogens is 1. The summed E-state index contributed by atoms with van der Waals surface area (Å²) in [5.41, 5.74) is 6.98. The Balaban J connectivity index is 1.87. The second kappa shape index (κ2) is 9.10. The van der Waals surface area contributed by atoms with Crippen molar-refractivity contribution in [1.29, 1.82) is 5.26 Å².